The number of hydrogen-bond acceptors (Lipinski definition) is 16. The van der Waals surface area contributed by atoms with Crippen LogP contribution in [0.5, 0.6) is 17.2 Å². The van der Waals surface area contributed by atoms with Crippen molar-refractivity contribution >= 4 is 60.9 Å². The molecule has 9 atom stereocenters. The van der Waals surface area contributed by atoms with Gasteiger partial charge in [-0.3, -0.25) is 38.2 Å². The first-order chi connectivity index (χ1) is 38.2. The summed E-state index contributed by atoms with van der Waals surface area (Å²) in [5.74, 6) is -6.83. The number of amides is 2. The van der Waals surface area contributed by atoms with Crippen molar-refractivity contribution in [2.24, 2.45) is 51.4 Å². The van der Waals surface area contributed by atoms with Gasteiger partial charge in [-0.1, -0.05) is 85.8 Å². The SMILES string of the molecule is C/C1=C/C=C/[C@H](C)[C@H](OC(=O)CN(C)CC(=O)Nc2ccc(CC(P(=O)(O)O)P(=O)(O)O)cc2)[C@@H](C)[C@@H](O)[C@@H](C)[C@H](C)[C@H](C)[C@@H](C)/C=C/O[C@@]2(C)Oc3c(C)c(O)c4c(O)c(c5c(c4c3C2=O)NC2(CCN(CC(C)C)CC2)N=5)=NC1=O. The molecule has 9 N–H and O–H groups in total. The van der Waals surface area contributed by atoms with Crippen LogP contribution < -0.4 is 26.1 Å². The van der Waals surface area contributed by atoms with E-state index in [1.54, 1.807) is 39.8 Å². The quantitative estimate of drug-likeness (QED) is 0.0536. The molecule has 0 radical (unpaired) electrons. The fourth-order valence-electron chi connectivity index (χ4n) is 11.5. The highest BCUT2D eigenvalue weighted by atomic mass is 31.2. The number of aromatic hydroxyl groups is 2. The number of esters is 1. The Morgan fingerprint density at radius 3 is 2.12 bits per heavy atom. The molecule has 3 aromatic rings. The van der Waals surface area contributed by atoms with Crippen molar-refractivity contribution in [3.05, 3.63) is 87.8 Å². The average molecular weight is 1180 g/mol. The summed E-state index contributed by atoms with van der Waals surface area (Å²) < 4.78 is 42.3. The maximum Gasteiger partial charge on any atom is 0.341 e. The molecule has 448 valence electrons. The van der Waals surface area contributed by atoms with E-state index >= 15 is 0 Å². The smallest absolute Gasteiger partial charge is 0.341 e. The Labute approximate surface area is 477 Å². The van der Waals surface area contributed by atoms with Crippen LogP contribution in [0.2, 0.25) is 0 Å². The van der Waals surface area contributed by atoms with E-state index in [4.69, 9.17) is 19.2 Å². The Balaban J connectivity index is 1.20. The maximum atomic E-state index is 14.9. The molecule has 0 saturated carbocycles. The molecule has 82 heavy (non-hydrogen) atoms. The number of anilines is 2. The summed E-state index contributed by atoms with van der Waals surface area (Å²) in [6.07, 6.45) is 6.64. The molecule has 0 aliphatic carbocycles. The van der Waals surface area contributed by atoms with E-state index in [1.807, 2.05) is 33.8 Å². The lowest BCUT2D eigenvalue weighted by Gasteiger charge is -2.38. The zero-order valence-electron chi connectivity index (χ0n) is 48.6. The first-order valence-electron chi connectivity index (χ1n) is 27.7. The van der Waals surface area contributed by atoms with Gasteiger partial charge in [0.15, 0.2) is 11.1 Å². The highest BCUT2D eigenvalue weighted by Gasteiger charge is 2.51. The second-order valence-electron chi connectivity index (χ2n) is 23.7. The van der Waals surface area contributed by atoms with Crippen molar-refractivity contribution in [1.29, 1.82) is 0 Å². The highest BCUT2D eigenvalue weighted by Crippen LogP contribution is 2.61. The molecule has 3 aromatic carbocycles. The van der Waals surface area contributed by atoms with Gasteiger partial charge in [0.1, 0.15) is 34.0 Å². The minimum absolute atomic E-state index is 0.0742. The van der Waals surface area contributed by atoms with E-state index in [0.717, 1.165) is 6.54 Å². The van der Waals surface area contributed by atoms with Gasteiger partial charge in [-0.05, 0) is 80.7 Å². The van der Waals surface area contributed by atoms with Gasteiger partial charge in [0, 0.05) is 73.4 Å². The van der Waals surface area contributed by atoms with E-state index < -0.39 is 91.8 Å². The molecule has 5 aliphatic heterocycles. The molecule has 22 nitrogen and oxygen atoms in total. The molecule has 5 bridgehead atoms. The molecule has 8 rings (SSSR count). The molecule has 24 heteroatoms. The van der Waals surface area contributed by atoms with Crippen LogP contribution in [0, 0.1) is 48.3 Å². The van der Waals surface area contributed by atoms with Gasteiger partial charge < -0.3 is 64.6 Å². The van der Waals surface area contributed by atoms with Crippen LogP contribution in [-0.4, -0.2) is 137 Å². The number of Topliss-reactive ketones (excluding diaryl/α,β-unsaturated/α-hetero) is 1. The zero-order valence-corrected chi connectivity index (χ0v) is 50.4. The Morgan fingerprint density at radius 2 is 1.51 bits per heavy atom. The summed E-state index contributed by atoms with van der Waals surface area (Å²) in [4.78, 5) is 108. The monoisotopic (exact) mass is 1180 g/mol. The van der Waals surface area contributed by atoms with Gasteiger partial charge in [0.2, 0.25) is 5.91 Å². The molecule has 2 amide bonds. The van der Waals surface area contributed by atoms with E-state index in [0.29, 0.717) is 37.5 Å². The number of likely N-dealkylation sites (tertiary alicyclic amines) is 1. The van der Waals surface area contributed by atoms with Crippen LogP contribution in [0.15, 0.2) is 70.4 Å². The Morgan fingerprint density at radius 1 is 0.878 bits per heavy atom. The first kappa shape index (κ1) is 63.8. The van der Waals surface area contributed by atoms with Crippen LogP contribution in [0.25, 0.3) is 10.8 Å². The molecule has 5 heterocycles. The van der Waals surface area contributed by atoms with E-state index in [9.17, 15) is 63.2 Å². The van der Waals surface area contributed by atoms with Crippen molar-refractivity contribution in [2.75, 3.05) is 50.4 Å². The third-order valence-electron chi connectivity index (χ3n) is 16.9. The van der Waals surface area contributed by atoms with Crippen LogP contribution >= 0.6 is 15.2 Å². The molecule has 1 saturated heterocycles. The summed E-state index contributed by atoms with van der Waals surface area (Å²) in [5, 5.41) is 40.4. The summed E-state index contributed by atoms with van der Waals surface area (Å²) in [6, 6.07) is 5.55. The van der Waals surface area contributed by atoms with Crippen LogP contribution in [-0.2, 0) is 39.4 Å². The van der Waals surface area contributed by atoms with Crippen LogP contribution in [0.3, 0.4) is 0 Å². The number of piperidine rings is 1. The van der Waals surface area contributed by atoms with Crippen molar-refractivity contribution in [1.82, 2.24) is 9.80 Å². The predicted octanol–water partition coefficient (Wildman–Crippen LogP) is 6.42. The number of ether oxygens (including phenoxy) is 3. The number of ketones is 1. The largest absolute Gasteiger partial charge is 0.507 e. The topological polar surface area (TPSA) is 327 Å². The van der Waals surface area contributed by atoms with Gasteiger partial charge in [-0.25, -0.2) is 4.99 Å². The third kappa shape index (κ3) is 13.7. The molecule has 0 unspecified atom stereocenters. The lowest BCUT2D eigenvalue weighted by Crippen LogP contribution is -2.47. The second kappa shape index (κ2) is 24.8. The first-order valence-corrected chi connectivity index (χ1v) is 31.1. The molecular weight excluding hydrogens is 1100 g/mol. The minimum atomic E-state index is -5.16. The van der Waals surface area contributed by atoms with Crippen LogP contribution in [0.4, 0.5) is 11.4 Å². The Kier molecular flexibility index (Phi) is 19.3. The average Bonchev–Trinajstić information content (AvgIpc) is 1.61. The van der Waals surface area contributed by atoms with E-state index in [2.05, 4.69) is 34.4 Å². The lowest BCUT2D eigenvalue weighted by atomic mass is 9.72. The number of nitrogens with one attached hydrogen (secondary N) is 2. The fraction of sp³-hybridized carbons (Fsp3) is 0.552. The molecule has 1 spiro atoms. The number of carbonyl (C=O) groups excluding carboxylic acids is 4. The third-order valence-corrected chi connectivity index (χ3v) is 20.6. The number of phenolic OH excluding ortho intramolecular Hbond substituents is 2. The van der Waals surface area contributed by atoms with Crippen LogP contribution in [0.1, 0.15) is 104 Å². The molecule has 1 fully saturated rings. The van der Waals surface area contributed by atoms with E-state index in [1.165, 1.54) is 55.5 Å². The van der Waals surface area contributed by atoms with E-state index in [-0.39, 0.29) is 97.7 Å². The number of fused-ring (bicyclic) bond motifs is 13. The minimum Gasteiger partial charge on any atom is -0.507 e. The molecular formula is C58H80N6O16P2. The zero-order chi connectivity index (χ0) is 60.7. The van der Waals surface area contributed by atoms with Crippen molar-refractivity contribution in [3.8, 4) is 17.2 Å². The molecule has 5 aliphatic rings. The number of phenols is 2. The second-order valence-corrected chi connectivity index (χ2v) is 27.7. The normalized spacial score (nSPS) is 27.8. The van der Waals surface area contributed by atoms with Gasteiger partial charge in [0.25, 0.3) is 11.7 Å². The number of aliphatic hydroxyl groups excluding tert-OH is 1. The Bertz CT molecular complexity index is 3270. The standard InChI is InChI=1S/C58H80N6O16P2/c1-30(2)27-64-23-21-58(22-24-64)61-47-44-45-51(68)38(10)54-46(44)55(70)57(11,80-54)78-25-20-31(3)34(6)35(7)36(8)50(67)37(9)53(32(4)14-13-15-33(5)56(71)60-49(52(45)69)48(47)62-58)79-42(66)29-63(12)28-41(65)59-40-18-16-39(17-19-40)26-43(81(72,73)74)82(75,76)77/h13-20,25,30-32,34-37,43,50,53,61,67-69H,21-24,26-29H2,1-12H3,(H,59,65)(H2,72,73,74)(H2,75,76,77)/b14-13+,25-20+,33-15-,60-49?/t31-,32-,34+,35+,36-,37-,50-,53-,57-/m0/s1. The number of carbonyl (C=O) groups is 4. The summed E-state index contributed by atoms with van der Waals surface area (Å²) in [7, 11) is -8.78. The maximum absolute atomic E-state index is 14.9. The number of aliphatic hydroxyl groups is 1. The Hall–Kier alpha value is -5.80. The van der Waals surface area contributed by atoms with Crippen molar-refractivity contribution < 1.29 is 77.4 Å². The summed E-state index contributed by atoms with van der Waals surface area (Å²) in [6.45, 7) is 22.1. The number of likely N-dealkylation sites (N-methyl/N-ethyl adjacent to an activating group) is 1. The van der Waals surface area contributed by atoms with Crippen molar-refractivity contribution in [3.63, 3.8) is 0 Å². The van der Waals surface area contributed by atoms with Gasteiger partial charge in [0.05, 0.1) is 42.1 Å². The molecule has 0 aromatic heterocycles. The van der Waals surface area contributed by atoms with Gasteiger partial charge >= 0.3 is 26.9 Å². The fourth-order valence-corrected chi connectivity index (χ4v) is 13.9. The summed E-state index contributed by atoms with van der Waals surface area (Å²) >= 11 is 0. The number of allylic oxidation sites excluding steroid dienone is 3. The van der Waals surface area contributed by atoms with Gasteiger partial charge in [-0.15, -0.1) is 0 Å². The van der Waals surface area contributed by atoms with Gasteiger partial charge in [-0.2, -0.15) is 0 Å². The van der Waals surface area contributed by atoms with Crippen molar-refractivity contribution in [2.45, 2.75) is 124 Å². The number of benzene rings is 3. The number of rotatable bonds is 12. The number of nitrogens with zero attached hydrogens (tertiary/aromatic N) is 4. The predicted molar refractivity (Wildman–Crippen MR) is 308 cm³/mol. The lowest BCUT2D eigenvalue weighted by molar-refractivity contribution is -0.158. The highest BCUT2D eigenvalue weighted by molar-refractivity contribution is 7.70. The number of hydrogen-bond donors (Lipinski definition) is 9. The summed E-state index contributed by atoms with van der Waals surface area (Å²) in [5.41, 5.74) is 0.285.